The van der Waals surface area contributed by atoms with Gasteiger partial charge in [0.2, 0.25) is 15.9 Å². The number of carbonyl (C=O) groups is 1. The Morgan fingerprint density at radius 3 is 2.54 bits per heavy atom. The van der Waals surface area contributed by atoms with Crippen LogP contribution in [0.25, 0.3) is 6.08 Å². The Hall–Kier alpha value is -2.53. The van der Waals surface area contributed by atoms with Gasteiger partial charge in [-0.2, -0.15) is 4.31 Å². The quantitative estimate of drug-likeness (QED) is 0.741. The second-order valence-electron chi connectivity index (χ2n) is 6.13. The first-order valence-electron chi connectivity index (χ1n) is 8.65. The van der Waals surface area contributed by atoms with Gasteiger partial charge in [-0.15, -0.1) is 18.2 Å². The zero-order chi connectivity index (χ0) is 20.1. The van der Waals surface area contributed by atoms with Gasteiger partial charge >= 0.3 is 0 Å². The second kappa shape index (κ2) is 8.65. The summed E-state index contributed by atoms with van der Waals surface area (Å²) in [6, 6.07) is 15.0. The topological polar surface area (TPSA) is 66.5 Å². The van der Waals surface area contributed by atoms with Crippen molar-refractivity contribution in [1.82, 2.24) is 9.62 Å². The Morgan fingerprint density at radius 1 is 1.25 bits per heavy atom. The zero-order valence-electron chi connectivity index (χ0n) is 15.1. The van der Waals surface area contributed by atoms with Crippen molar-refractivity contribution in [1.29, 1.82) is 0 Å². The highest BCUT2D eigenvalue weighted by atomic mass is 32.2. The van der Waals surface area contributed by atoms with E-state index < -0.39 is 27.3 Å². The van der Waals surface area contributed by atoms with Crippen LogP contribution in [0.1, 0.15) is 17.2 Å². The fourth-order valence-corrected chi connectivity index (χ4v) is 5.98. The molecule has 0 aliphatic carbocycles. The van der Waals surface area contributed by atoms with Crippen molar-refractivity contribution in [2.75, 3.05) is 12.3 Å². The first-order valence-corrected chi connectivity index (χ1v) is 11.1. The lowest BCUT2D eigenvalue weighted by Gasteiger charge is -2.24. The third kappa shape index (κ3) is 4.14. The molecule has 1 fully saturated rings. The average molecular weight is 413 g/mol. The number of nitrogens with one attached hydrogen (secondary N) is 1. The van der Waals surface area contributed by atoms with Crippen LogP contribution in [0.5, 0.6) is 0 Å². The van der Waals surface area contributed by atoms with Crippen LogP contribution in [-0.4, -0.2) is 36.3 Å². The number of carbonyl (C=O) groups excluding carboxylic acids is 1. The van der Waals surface area contributed by atoms with Gasteiger partial charge in [0.25, 0.3) is 0 Å². The van der Waals surface area contributed by atoms with E-state index in [1.165, 1.54) is 28.2 Å². The van der Waals surface area contributed by atoms with Gasteiger partial charge in [-0.25, -0.2) is 8.42 Å². The maximum absolute atomic E-state index is 13.0. The largest absolute Gasteiger partial charge is 0.336 e. The molecular weight excluding hydrogens is 392 g/mol. The lowest BCUT2D eigenvalue weighted by atomic mass is 10.1. The number of thioether (sulfide) groups is 1. The standard InChI is InChI=1S/C21H20N2O3S2/c1-3-16-10-12-18(13-11-16)28(25,26)23-14-15-27-21(23)20(24)22-19(4-2)17-8-6-5-7-9-17/h2-3,5-13,19,21H,1,14-15H2,(H,22,24)/t19-,21-/m0/s1. The zero-order valence-corrected chi connectivity index (χ0v) is 16.7. The number of hydrogen-bond donors (Lipinski definition) is 1. The summed E-state index contributed by atoms with van der Waals surface area (Å²) in [4.78, 5) is 13.0. The minimum absolute atomic E-state index is 0.148. The fourth-order valence-electron chi connectivity index (χ4n) is 2.90. The van der Waals surface area contributed by atoms with E-state index in [1.807, 2.05) is 30.3 Å². The van der Waals surface area contributed by atoms with Gasteiger partial charge in [-0.1, -0.05) is 61.0 Å². The van der Waals surface area contributed by atoms with E-state index in [4.69, 9.17) is 6.42 Å². The van der Waals surface area contributed by atoms with E-state index in [2.05, 4.69) is 17.8 Å². The molecule has 1 N–H and O–H groups in total. The molecule has 144 valence electrons. The van der Waals surface area contributed by atoms with Crippen LogP contribution >= 0.6 is 11.8 Å². The van der Waals surface area contributed by atoms with Crippen molar-refractivity contribution in [3.05, 3.63) is 72.3 Å². The summed E-state index contributed by atoms with van der Waals surface area (Å²) in [6.45, 7) is 3.93. The van der Waals surface area contributed by atoms with Gasteiger partial charge in [-0.3, -0.25) is 4.79 Å². The van der Waals surface area contributed by atoms with Gasteiger partial charge < -0.3 is 5.32 Å². The second-order valence-corrected chi connectivity index (χ2v) is 9.21. The summed E-state index contributed by atoms with van der Waals surface area (Å²) in [6.07, 6.45) is 7.22. The Kier molecular flexibility index (Phi) is 6.25. The maximum atomic E-state index is 13.0. The number of nitrogens with zero attached hydrogens (tertiary/aromatic N) is 1. The van der Waals surface area contributed by atoms with Gasteiger partial charge in [0.15, 0.2) is 0 Å². The molecule has 1 aliphatic heterocycles. The van der Waals surface area contributed by atoms with Gasteiger partial charge in [0.1, 0.15) is 11.4 Å². The first kappa shape index (κ1) is 20.2. The van der Waals surface area contributed by atoms with Crippen LogP contribution in [-0.2, 0) is 14.8 Å². The third-order valence-electron chi connectivity index (χ3n) is 4.38. The molecule has 0 radical (unpaired) electrons. The third-order valence-corrected chi connectivity index (χ3v) is 7.60. The molecule has 1 aliphatic rings. The molecule has 1 amide bonds. The van der Waals surface area contributed by atoms with Crippen LogP contribution in [0.2, 0.25) is 0 Å². The van der Waals surface area contributed by atoms with Crippen molar-refractivity contribution >= 4 is 33.8 Å². The van der Waals surface area contributed by atoms with Crippen molar-refractivity contribution in [2.24, 2.45) is 0 Å². The van der Waals surface area contributed by atoms with Crippen LogP contribution in [0, 0.1) is 12.3 Å². The van der Waals surface area contributed by atoms with E-state index in [-0.39, 0.29) is 11.4 Å². The van der Waals surface area contributed by atoms with Crippen molar-refractivity contribution in [3.8, 4) is 12.3 Å². The minimum atomic E-state index is -3.80. The molecule has 28 heavy (non-hydrogen) atoms. The minimum Gasteiger partial charge on any atom is -0.336 e. The molecule has 1 heterocycles. The monoisotopic (exact) mass is 412 g/mol. The number of sulfonamides is 1. The smallest absolute Gasteiger partial charge is 0.249 e. The SMILES string of the molecule is C#C[C@H](NC(=O)[C@@H]1SCCN1S(=O)(=O)c1ccc(C=C)cc1)c1ccccc1. The molecule has 0 aromatic heterocycles. The molecule has 1 saturated heterocycles. The van der Waals surface area contributed by atoms with E-state index in [1.54, 1.807) is 18.2 Å². The van der Waals surface area contributed by atoms with Crippen LogP contribution < -0.4 is 5.32 Å². The molecule has 7 heteroatoms. The number of hydrogen-bond acceptors (Lipinski definition) is 4. The molecule has 2 atom stereocenters. The Labute approximate surface area is 169 Å². The Morgan fingerprint density at radius 2 is 1.93 bits per heavy atom. The fraction of sp³-hybridized carbons (Fsp3) is 0.190. The van der Waals surface area contributed by atoms with Crippen LogP contribution in [0.4, 0.5) is 0 Å². The lowest BCUT2D eigenvalue weighted by Crippen LogP contribution is -2.45. The van der Waals surface area contributed by atoms with Gasteiger partial charge in [-0.05, 0) is 23.3 Å². The molecule has 3 rings (SSSR count). The summed E-state index contributed by atoms with van der Waals surface area (Å²) in [5, 5.41) is 1.92. The highest BCUT2D eigenvalue weighted by Gasteiger charge is 2.40. The van der Waals surface area contributed by atoms with E-state index >= 15 is 0 Å². The average Bonchev–Trinajstić information content (AvgIpc) is 3.23. The molecular formula is C21H20N2O3S2. The predicted molar refractivity (Wildman–Crippen MR) is 113 cm³/mol. The number of terminal acetylenes is 1. The van der Waals surface area contributed by atoms with Crippen molar-refractivity contribution in [2.45, 2.75) is 16.3 Å². The summed E-state index contributed by atoms with van der Waals surface area (Å²) in [5.41, 5.74) is 1.60. The van der Waals surface area contributed by atoms with Gasteiger partial charge in [0.05, 0.1) is 4.90 Å². The molecule has 0 saturated carbocycles. The van der Waals surface area contributed by atoms with Crippen molar-refractivity contribution in [3.63, 3.8) is 0 Å². The number of amides is 1. The van der Waals surface area contributed by atoms with Crippen molar-refractivity contribution < 1.29 is 13.2 Å². The number of rotatable bonds is 6. The summed E-state index contributed by atoms with van der Waals surface area (Å²) >= 11 is 1.29. The van der Waals surface area contributed by atoms with E-state index in [0.717, 1.165) is 11.1 Å². The summed E-state index contributed by atoms with van der Waals surface area (Å²) < 4.78 is 27.3. The molecule has 2 aromatic rings. The highest BCUT2D eigenvalue weighted by Crippen LogP contribution is 2.31. The lowest BCUT2D eigenvalue weighted by molar-refractivity contribution is -0.122. The molecule has 0 spiro atoms. The Balaban J connectivity index is 1.80. The summed E-state index contributed by atoms with van der Waals surface area (Å²) in [5.74, 6) is 2.67. The van der Waals surface area contributed by atoms with Gasteiger partial charge in [0, 0.05) is 12.3 Å². The molecule has 2 aromatic carbocycles. The molecule has 0 bridgehead atoms. The highest BCUT2D eigenvalue weighted by molar-refractivity contribution is 8.02. The predicted octanol–water partition coefficient (Wildman–Crippen LogP) is 2.88. The summed E-state index contributed by atoms with van der Waals surface area (Å²) in [7, 11) is -3.80. The number of benzene rings is 2. The molecule has 5 nitrogen and oxygen atoms in total. The molecule has 0 unspecified atom stereocenters. The van der Waals surface area contributed by atoms with E-state index in [9.17, 15) is 13.2 Å². The normalized spacial score (nSPS) is 18.2. The maximum Gasteiger partial charge on any atom is 0.249 e. The van der Waals surface area contributed by atoms with Crippen LogP contribution in [0.3, 0.4) is 0 Å². The first-order chi connectivity index (χ1) is 13.5. The Bertz CT molecular complexity index is 996. The van der Waals surface area contributed by atoms with Crippen LogP contribution in [0.15, 0.2) is 66.1 Å². The van der Waals surface area contributed by atoms with E-state index in [0.29, 0.717) is 5.75 Å².